The number of allylic oxidation sites excluding steroid dienone is 10. The number of nitrogens with one attached hydrogen (secondary N) is 1. The molecule has 4 aliphatic carbocycles. The van der Waals surface area contributed by atoms with Crippen molar-refractivity contribution in [2.75, 3.05) is 6.54 Å². The van der Waals surface area contributed by atoms with E-state index >= 15 is 0 Å². The van der Waals surface area contributed by atoms with Gasteiger partial charge in [-0.3, -0.25) is 4.98 Å². The highest BCUT2D eigenvalue weighted by molar-refractivity contribution is 5.75. The number of benzene rings is 1. The van der Waals surface area contributed by atoms with Crippen molar-refractivity contribution in [1.29, 1.82) is 0 Å². The molecule has 0 saturated carbocycles. The maximum atomic E-state index is 7.08. The van der Waals surface area contributed by atoms with Gasteiger partial charge in [0.05, 0.1) is 29.7 Å². The van der Waals surface area contributed by atoms with Crippen molar-refractivity contribution >= 4 is 5.57 Å². The quantitative estimate of drug-likeness (QED) is 0.386. The van der Waals surface area contributed by atoms with Crippen LogP contribution in [0.2, 0.25) is 0 Å². The fraction of sp³-hybridized carbons (Fsp3) is 0.244. The van der Waals surface area contributed by atoms with E-state index in [1.807, 2.05) is 12.3 Å². The molecule has 0 amide bonds. The summed E-state index contributed by atoms with van der Waals surface area (Å²) in [6, 6.07) is 15.3. The van der Waals surface area contributed by atoms with Gasteiger partial charge in [-0.2, -0.15) is 0 Å². The number of nitrogens with zero attached hydrogens (tertiary/aromatic N) is 2. The topological polar surface area (TPSA) is 46.6 Å². The summed E-state index contributed by atoms with van der Waals surface area (Å²) in [6.45, 7) is 0.855. The Morgan fingerprint density at radius 2 is 1.89 bits per heavy atom. The highest BCUT2D eigenvalue weighted by atomic mass is 16.5. The Bertz CT molecular complexity index is 1980. The average molecular weight is 602 g/mol. The van der Waals surface area contributed by atoms with Crippen molar-refractivity contribution in [1.82, 2.24) is 15.2 Å². The van der Waals surface area contributed by atoms with E-state index < -0.39 is 5.41 Å². The van der Waals surface area contributed by atoms with Crippen molar-refractivity contribution in [2.24, 2.45) is 5.92 Å². The summed E-state index contributed by atoms with van der Waals surface area (Å²) in [5.74, 6) is 3.39. The molecule has 1 aromatic carbocycles. The lowest BCUT2D eigenvalue weighted by Gasteiger charge is -2.52. The van der Waals surface area contributed by atoms with Crippen LogP contribution in [-0.2, 0) is 10.2 Å². The first-order valence-corrected chi connectivity index (χ1v) is 16.7. The SMILES string of the molecule is C1=CCC2OC3=C(C=CC(N4C5=C(C=CNC5)C5C=CC=CC54)C3)C3(C2=C1)C1=C(C=C(c2ccccn2)CC1)Oc1ccccc13. The maximum absolute atomic E-state index is 7.08. The van der Waals surface area contributed by atoms with Crippen LogP contribution in [0.3, 0.4) is 0 Å². The van der Waals surface area contributed by atoms with Crippen LogP contribution in [0.25, 0.3) is 5.57 Å². The third kappa shape index (κ3) is 3.60. The zero-order valence-corrected chi connectivity index (χ0v) is 25.6. The molecule has 1 spiro atoms. The van der Waals surface area contributed by atoms with Gasteiger partial charge in [0.2, 0.25) is 0 Å². The van der Waals surface area contributed by atoms with Crippen LogP contribution in [0.1, 0.15) is 36.9 Å². The second-order valence-electron chi connectivity index (χ2n) is 13.2. The number of pyridine rings is 1. The molecule has 0 fully saturated rings. The normalized spacial score (nSPS) is 31.2. The van der Waals surface area contributed by atoms with Crippen molar-refractivity contribution in [2.45, 2.75) is 49.3 Å². The summed E-state index contributed by atoms with van der Waals surface area (Å²) in [7, 11) is 0. The number of hydrogen-bond donors (Lipinski definition) is 1. The Morgan fingerprint density at radius 1 is 0.957 bits per heavy atom. The van der Waals surface area contributed by atoms with Crippen molar-refractivity contribution in [3.8, 4) is 5.75 Å². The first-order valence-electron chi connectivity index (χ1n) is 16.7. The summed E-state index contributed by atoms with van der Waals surface area (Å²) >= 11 is 0. The van der Waals surface area contributed by atoms with Crippen molar-refractivity contribution in [3.05, 3.63) is 172 Å². The number of dihydropyridines is 1. The first-order chi connectivity index (χ1) is 22.8. The summed E-state index contributed by atoms with van der Waals surface area (Å²) in [5.41, 5.74) is 9.79. The molecule has 5 nitrogen and oxygen atoms in total. The zero-order valence-electron chi connectivity index (χ0n) is 25.6. The predicted molar refractivity (Wildman–Crippen MR) is 180 cm³/mol. The molecule has 5 heterocycles. The smallest absolute Gasteiger partial charge is 0.132 e. The molecular weight excluding hydrogens is 566 g/mol. The standard InChI is InChI=1S/C41H35N3O2/c1-4-13-35-28(9-1)29-20-22-42-25-36(29)44(35)27-17-19-33-40(24-27)46-38-15-6-3-11-31(38)41(33)30-10-2-5-14-37(30)45-39-23-26(16-18-32(39)41)34-12-7-8-21-43-34/h1-14,17,19-23,27-28,35,38,42H,15-16,18,24-25H2. The molecule has 4 aliphatic heterocycles. The van der Waals surface area contributed by atoms with Gasteiger partial charge in [-0.15, -0.1) is 0 Å². The molecule has 5 atom stereocenters. The Kier molecular flexibility index (Phi) is 5.69. The molecule has 1 aromatic heterocycles. The van der Waals surface area contributed by atoms with Crippen LogP contribution >= 0.6 is 0 Å². The van der Waals surface area contributed by atoms with E-state index in [-0.39, 0.29) is 12.1 Å². The molecule has 46 heavy (non-hydrogen) atoms. The maximum Gasteiger partial charge on any atom is 0.132 e. The monoisotopic (exact) mass is 601 g/mol. The fourth-order valence-corrected chi connectivity index (χ4v) is 9.22. The molecule has 1 N–H and O–H groups in total. The predicted octanol–water partition coefficient (Wildman–Crippen LogP) is 7.51. The van der Waals surface area contributed by atoms with E-state index in [9.17, 15) is 0 Å². The van der Waals surface area contributed by atoms with Crippen LogP contribution in [0.4, 0.5) is 0 Å². The van der Waals surface area contributed by atoms with Crippen LogP contribution in [0.5, 0.6) is 5.75 Å². The molecule has 0 saturated heterocycles. The van der Waals surface area contributed by atoms with Crippen molar-refractivity contribution in [3.63, 3.8) is 0 Å². The highest BCUT2D eigenvalue weighted by Gasteiger charge is 2.56. The largest absolute Gasteiger partial charge is 0.490 e. The molecule has 0 radical (unpaired) electrons. The van der Waals surface area contributed by atoms with E-state index in [1.165, 1.54) is 39.1 Å². The minimum Gasteiger partial charge on any atom is -0.490 e. The van der Waals surface area contributed by atoms with Crippen LogP contribution < -0.4 is 10.1 Å². The number of fused-ring (bicyclic) bond motifs is 8. The second kappa shape index (κ2) is 9.98. The zero-order chi connectivity index (χ0) is 30.2. The van der Waals surface area contributed by atoms with E-state index in [0.717, 1.165) is 55.2 Å². The van der Waals surface area contributed by atoms with Crippen molar-refractivity contribution < 1.29 is 9.47 Å². The van der Waals surface area contributed by atoms with E-state index in [1.54, 1.807) is 0 Å². The lowest BCUT2D eigenvalue weighted by molar-refractivity contribution is 0.0952. The molecule has 5 unspecified atom stereocenters. The van der Waals surface area contributed by atoms with Gasteiger partial charge in [-0.1, -0.05) is 78.9 Å². The number of aromatic nitrogens is 1. The molecular formula is C41H35N3O2. The van der Waals surface area contributed by atoms with Crippen LogP contribution in [0.15, 0.2) is 161 Å². The summed E-state index contributed by atoms with van der Waals surface area (Å²) in [4.78, 5) is 7.35. The average Bonchev–Trinajstić information content (AvgIpc) is 3.46. The Morgan fingerprint density at radius 3 is 2.85 bits per heavy atom. The van der Waals surface area contributed by atoms with Gasteiger partial charge in [0.25, 0.3) is 0 Å². The number of ether oxygens (including phenoxy) is 2. The van der Waals surface area contributed by atoms with E-state index in [4.69, 9.17) is 9.47 Å². The summed E-state index contributed by atoms with van der Waals surface area (Å²) < 4.78 is 13.9. The Hall–Kier alpha value is -5.03. The van der Waals surface area contributed by atoms with Gasteiger partial charge in [-0.25, -0.2) is 0 Å². The van der Waals surface area contributed by atoms with E-state index in [0.29, 0.717) is 12.0 Å². The Balaban J connectivity index is 1.14. The van der Waals surface area contributed by atoms with E-state index in [2.05, 4.69) is 125 Å². The molecule has 226 valence electrons. The third-order valence-electron chi connectivity index (χ3n) is 11.1. The number of rotatable bonds is 2. The highest BCUT2D eigenvalue weighted by Crippen LogP contribution is 2.61. The molecule has 2 aromatic rings. The van der Waals surface area contributed by atoms with Gasteiger partial charge in [0.1, 0.15) is 23.4 Å². The third-order valence-corrected chi connectivity index (χ3v) is 11.1. The lowest BCUT2D eigenvalue weighted by Crippen LogP contribution is -2.49. The molecule has 0 bridgehead atoms. The van der Waals surface area contributed by atoms with Gasteiger partial charge < -0.3 is 19.7 Å². The second-order valence-corrected chi connectivity index (χ2v) is 13.2. The summed E-state index contributed by atoms with van der Waals surface area (Å²) in [6.07, 6.45) is 32.8. The van der Waals surface area contributed by atoms with Crippen LogP contribution in [0, 0.1) is 5.92 Å². The number of hydrogen-bond acceptors (Lipinski definition) is 5. The first kappa shape index (κ1) is 26.2. The molecule has 10 rings (SSSR count). The minimum absolute atomic E-state index is 0.0186. The van der Waals surface area contributed by atoms with Gasteiger partial charge in [0.15, 0.2) is 0 Å². The lowest BCUT2D eigenvalue weighted by atomic mass is 9.56. The van der Waals surface area contributed by atoms with Gasteiger partial charge >= 0.3 is 0 Å². The minimum atomic E-state index is -0.443. The Labute approximate surface area is 269 Å². The van der Waals surface area contributed by atoms with Gasteiger partial charge in [0, 0.05) is 41.8 Å². The number of para-hydroxylation sites is 1. The van der Waals surface area contributed by atoms with Gasteiger partial charge in [-0.05, 0) is 71.7 Å². The molecule has 8 aliphatic rings. The van der Waals surface area contributed by atoms with Crippen LogP contribution in [-0.4, -0.2) is 34.6 Å². The molecule has 5 heteroatoms. The summed E-state index contributed by atoms with van der Waals surface area (Å²) in [5, 5.41) is 3.49. The fourth-order valence-electron chi connectivity index (χ4n) is 9.22.